The van der Waals surface area contributed by atoms with E-state index >= 15 is 0 Å². The van der Waals surface area contributed by atoms with E-state index in [9.17, 15) is 42.0 Å². The van der Waals surface area contributed by atoms with Crippen LogP contribution in [0, 0.1) is 20.2 Å². The molecule has 0 spiro atoms. The van der Waals surface area contributed by atoms with Crippen LogP contribution in [0.25, 0.3) is 0 Å². The molecule has 18 heavy (non-hydrogen) atoms. The average molecular weight is 300 g/mol. The van der Waals surface area contributed by atoms with E-state index in [1.54, 1.807) is 0 Å². The van der Waals surface area contributed by atoms with Crippen molar-refractivity contribution in [3.63, 3.8) is 0 Å². The van der Waals surface area contributed by atoms with Crippen LogP contribution in [-0.4, -0.2) is 39.4 Å². The van der Waals surface area contributed by atoms with Gasteiger partial charge in [-0.3, -0.25) is 28.6 Å². The molecule has 0 aromatic heterocycles. The highest BCUT2D eigenvalue weighted by Gasteiger charge is 2.47. The molecule has 0 N–H and O–H groups in total. The zero-order valence-corrected chi connectivity index (χ0v) is 8.90. The first-order valence-electron chi connectivity index (χ1n) is 3.72. The third-order valence-electron chi connectivity index (χ3n) is 1.19. The second-order valence-corrected chi connectivity index (χ2v) is 3.45. The molecule has 0 saturated carbocycles. The molecule has 0 rings (SSSR count). The van der Waals surface area contributed by atoms with E-state index in [1.807, 2.05) is 0 Å². The summed E-state index contributed by atoms with van der Waals surface area (Å²) in [5.74, 6) is 0. The average Bonchev–Trinajstić information content (AvgIpc) is 2.23. The summed E-state index contributed by atoms with van der Waals surface area (Å²) in [7, 11) is 0. The van der Waals surface area contributed by atoms with Crippen LogP contribution in [0.1, 0.15) is 0 Å². The van der Waals surface area contributed by atoms with E-state index in [0.717, 1.165) is 0 Å². The Morgan fingerprint density at radius 3 is 1.44 bits per heavy atom. The molecule has 0 aromatic carbocycles. The topological polar surface area (TPSA) is 122 Å². The highest BCUT2D eigenvalue weighted by atomic mass is 32.2. The van der Waals surface area contributed by atoms with E-state index in [1.165, 1.54) is 0 Å². The molecule has 0 aromatic rings. The van der Waals surface area contributed by atoms with Crippen molar-refractivity contribution in [2.24, 2.45) is 0 Å². The van der Waals surface area contributed by atoms with Gasteiger partial charge in [-0.15, -0.1) is 17.6 Å². The normalized spacial score (nSPS) is 12.7. The molecule has 0 unspecified atom stereocenters. The Hall–Kier alpha value is -1.41. The summed E-state index contributed by atoms with van der Waals surface area (Å²) in [4.78, 5) is 15.2. The monoisotopic (exact) mass is 300 g/mol. The summed E-state index contributed by atoms with van der Waals surface area (Å²) in [6, 6.07) is -9.19. The summed E-state index contributed by atoms with van der Waals surface area (Å²) in [6.07, 6.45) is 0. The Labute approximate surface area is 97.8 Å². The number of alkyl halides is 4. The van der Waals surface area contributed by atoms with Crippen molar-refractivity contribution in [3.8, 4) is 0 Å². The van der Waals surface area contributed by atoms with Crippen molar-refractivity contribution < 1.29 is 40.0 Å². The van der Waals surface area contributed by atoms with Gasteiger partial charge in [-0.05, 0) is 0 Å². The predicted octanol–water partition coefficient (Wildman–Crippen LogP) is 0.337. The molecule has 0 aliphatic rings. The van der Waals surface area contributed by atoms with E-state index in [0.29, 0.717) is 0 Å². The summed E-state index contributed by atoms with van der Waals surface area (Å²) in [5, 5.41) is 19.3. The lowest BCUT2D eigenvalue weighted by atomic mass is 10.6. The van der Waals surface area contributed by atoms with E-state index in [4.69, 9.17) is 0 Å². The maximum absolute atomic E-state index is 12.2. The van der Waals surface area contributed by atoms with E-state index < -0.39 is 46.5 Å². The van der Waals surface area contributed by atoms with Gasteiger partial charge in [-0.2, -0.15) is 4.21 Å². The fourth-order valence-corrected chi connectivity index (χ4v) is 0.922. The lowest BCUT2D eigenvalue weighted by molar-refractivity contribution is -0.646. The second-order valence-electron chi connectivity index (χ2n) is 2.57. The molecular weight excluding hydrogens is 296 g/mol. The Morgan fingerprint density at radius 1 is 0.944 bits per heavy atom. The lowest BCUT2D eigenvalue weighted by Crippen LogP contribution is -2.36. The summed E-state index contributed by atoms with van der Waals surface area (Å²) in [5.41, 5.74) is 0. The molecule has 0 heterocycles. The molecule has 106 valence electrons. The minimum absolute atomic E-state index is 2.00. The first-order chi connectivity index (χ1) is 7.99. The fraction of sp³-hybridized carbons (Fsp3) is 1.00. The molecule has 0 atom stereocenters. The molecule has 0 aliphatic carbocycles. The zero-order chi connectivity index (χ0) is 14.6. The van der Waals surface area contributed by atoms with E-state index in [2.05, 4.69) is 8.37 Å². The van der Waals surface area contributed by atoms with Crippen LogP contribution in [0.5, 0.6) is 0 Å². The number of hydrogen-bond acceptors (Lipinski definition) is 7. The highest BCUT2D eigenvalue weighted by molar-refractivity contribution is 7.75. The molecule has 0 bridgehead atoms. The Morgan fingerprint density at radius 2 is 1.22 bits per heavy atom. The van der Waals surface area contributed by atoms with Gasteiger partial charge in [0.1, 0.15) is 0 Å². The second kappa shape index (κ2) is 5.96. The minimum Gasteiger partial charge on any atom is -0.259 e. The van der Waals surface area contributed by atoms with Gasteiger partial charge in [-0.25, -0.2) is 0 Å². The smallest absolute Gasteiger partial charge is 0.259 e. The molecule has 14 heteroatoms. The SMILES string of the molecule is O=[N+]([O-])C(F)(F)COS(=O)OCC(F)(F)[N+](=O)[O-]. The largest absolute Gasteiger partial charge is 0.535 e. The minimum atomic E-state index is -4.59. The van der Waals surface area contributed by atoms with Gasteiger partial charge >= 0.3 is 23.5 Å². The summed E-state index contributed by atoms with van der Waals surface area (Å²) in [6.45, 7) is -4.01. The molecule has 0 fully saturated rings. The Bertz CT molecular complexity index is 331. The van der Waals surface area contributed by atoms with Crippen molar-refractivity contribution in [1.29, 1.82) is 0 Å². The van der Waals surface area contributed by atoms with Gasteiger partial charge in [0.15, 0.2) is 0 Å². The van der Waals surface area contributed by atoms with Crippen molar-refractivity contribution >= 4 is 11.4 Å². The first kappa shape index (κ1) is 16.6. The molecular formula is C4H4F4N2O7S. The summed E-state index contributed by atoms with van der Waals surface area (Å²) >= 11 is -3.21. The van der Waals surface area contributed by atoms with Gasteiger partial charge in [0.2, 0.25) is 13.2 Å². The third-order valence-corrected chi connectivity index (χ3v) is 1.81. The lowest BCUT2D eigenvalue weighted by Gasteiger charge is -2.08. The molecule has 9 nitrogen and oxygen atoms in total. The number of halogens is 4. The quantitative estimate of drug-likeness (QED) is 0.274. The van der Waals surface area contributed by atoms with Gasteiger partial charge in [0, 0.05) is 0 Å². The van der Waals surface area contributed by atoms with Crippen LogP contribution in [0.3, 0.4) is 0 Å². The zero-order valence-electron chi connectivity index (χ0n) is 8.09. The van der Waals surface area contributed by atoms with E-state index in [-0.39, 0.29) is 0 Å². The van der Waals surface area contributed by atoms with Crippen molar-refractivity contribution in [3.05, 3.63) is 20.2 Å². The van der Waals surface area contributed by atoms with Crippen LogP contribution in [0.2, 0.25) is 0 Å². The molecule has 0 aliphatic heterocycles. The first-order valence-corrected chi connectivity index (χ1v) is 4.72. The number of nitro groups is 2. The Balaban J connectivity index is 4.16. The standard InChI is InChI=1S/C4H4F4N2O7S/c5-3(6,9(11)12)1-16-18(15)17-2-4(7,8)10(13)14/h1-2H2. The van der Waals surface area contributed by atoms with Crippen LogP contribution < -0.4 is 0 Å². The van der Waals surface area contributed by atoms with Crippen molar-refractivity contribution in [2.75, 3.05) is 13.2 Å². The molecule has 0 amide bonds. The predicted molar refractivity (Wildman–Crippen MR) is 43.9 cm³/mol. The van der Waals surface area contributed by atoms with Crippen LogP contribution in [0.4, 0.5) is 17.6 Å². The van der Waals surface area contributed by atoms with Gasteiger partial charge in [0.25, 0.3) is 0 Å². The molecule has 0 radical (unpaired) electrons. The van der Waals surface area contributed by atoms with Gasteiger partial charge in [-0.1, -0.05) is 0 Å². The summed E-state index contributed by atoms with van der Waals surface area (Å²) < 4.78 is 66.6. The number of hydrogen-bond donors (Lipinski definition) is 0. The van der Waals surface area contributed by atoms with Crippen molar-refractivity contribution in [1.82, 2.24) is 0 Å². The Kier molecular flexibility index (Phi) is 5.50. The van der Waals surface area contributed by atoms with Crippen LogP contribution in [0.15, 0.2) is 0 Å². The molecule has 0 saturated heterocycles. The fourth-order valence-electron chi connectivity index (χ4n) is 0.377. The maximum Gasteiger partial charge on any atom is 0.535 e. The van der Waals surface area contributed by atoms with Crippen LogP contribution >= 0.6 is 0 Å². The maximum atomic E-state index is 12.2. The van der Waals surface area contributed by atoms with Crippen LogP contribution in [-0.2, 0) is 19.7 Å². The third kappa shape index (κ3) is 5.28. The van der Waals surface area contributed by atoms with Gasteiger partial charge in [0.05, 0.1) is 9.85 Å². The van der Waals surface area contributed by atoms with Crippen molar-refractivity contribution in [2.45, 2.75) is 12.1 Å². The highest BCUT2D eigenvalue weighted by Crippen LogP contribution is 2.17. The number of nitrogens with zero attached hydrogens (tertiary/aromatic N) is 2. The number of rotatable bonds is 8. The van der Waals surface area contributed by atoms with Gasteiger partial charge < -0.3 is 0 Å².